The van der Waals surface area contributed by atoms with E-state index in [1.165, 1.54) is 83.7 Å². The summed E-state index contributed by atoms with van der Waals surface area (Å²) in [4.78, 5) is 2.78. The van der Waals surface area contributed by atoms with Gasteiger partial charge in [0.15, 0.2) is 0 Å². The fourth-order valence-electron chi connectivity index (χ4n) is 4.32. The molecule has 19 heavy (non-hydrogen) atoms. The second-order valence-electron chi connectivity index (χ2n) is 6.92. The predicted molar refractivity (Wildman–Crippen MR) is 83.3 cm³/mol. The van der Waals surface area contributed by atoms with Crippen molar-refractivity contribution in [2.75, 3.05) is 19.6 Å². The largest absolute Gasteiger partial charge is 0.329 e. The van der Waals surface area contributed by atoms with Gasteiger partial charge in [0.2, 0.25) is 0 Å². The molecule has 2 aliphatic rings. The van der Waals surface area contributed by atoms with Crippen molar-refractivity contribution in [2.24, 2.45) is 11.7 Å². The van der Waals surface area contributed by atoms with Gasteiger partial charge in [0.25, 0.3) is 0 Å². The first-order valence-corrected chi connectivity index (χ1v) is 8.76. The van der Waals surface area contributed by atoms with Crippen LogP contribution in [0.15, 0.2) is 0 Å². The summed E-state index contributed by atoms with van der Waals surface area (Å²) in [5.74, 6) is 0.990. The topological polar surface area (TPSA) is 29.3 Å². The molecule has 1 aliphatic carbocycles. The minimum atomic E-state index is 0.359. The van der Waals surface area contributed by atoms with Gasteiger partial charge in [-0.1, -0.05) is 51.9 Å². The van der Waals surface area contributed by atoms with Crippen LogP contribution in [-0.2, 0) is 0 Å². The van der Waals surface area contributed by atoms with E-state index < -0.39 is 0 Å². The lowest BCUT2D eigenvalue weighted by atomic mass is 9.80. The summed E-state index contributed by atoms with van der Waals surface area (Å²) in [6.45, 7) is 5.82. The van der Waals surface area contributed by atoms with Gasteiger partial charge in [0.1, 0.15) is 0 Å². The summed E-state index contributed by atoms with van der Waals surface area (Å²) in [5, 5.41) is 0. The van der Waals surface area contributed by atoms with Crippen LogP contribution in [0.5, 0.6) is 0 Å². The Labute approximate surface area is 120 Å². The normalized spacial score (nSPS) is 26.8. The van der Waals surface area contributed by atoms with Crippen molar-refractivity contribution in [3.63, 3.8) is 0 Å². The highest BCUT2D eigenvalue weighted by atomic mass is 15.2. The average molecular weight is 266 g/mol. The molecule has 0 unspecified atom stereocenters. The number of hydrogen-bond acceptors (Lipinski definition) is 2. The summed E-state index contributed by atoms with van der Waals surface area (Å²) in [5.41, 5.74) is 6.60. The van der Waals surface area contributed by atoms with Gasteiger partial charge in [0, 0.05) is 12.1 Å². The first-order chi connectivity index (χ1) is 9.30. The molecule has 0 bridgehead atoms. The Kier molecular flexibility index (Phi) is 6.15. The smallest absolute Gasteiger partial charge is 0.0331 e. The van der Waals surface area contributed by atoms with Crippen molar-refractivity contribution < 1.29 is 0 Å². The van der Waals surface area contributed by atoms with Gasteiger partial charge in [-0.15, -0.1) is 0 Å². The first-order valence-electron chi connectivity index (χ1n) is 8.76. The van der Waals surface area contributed by atoms with Crippen LogP contribution in [-0.4, -0.2) is 30.1 Å². The maximum Gasteiger partial charge on any atom is 0.0331 e. The molecule has 0 radical (unpaired) electrons. The summed E-state index contributed by atoms with van der Waals surface area (Å²) >= 11 is 0. The van der Waals surface area contributed by atoms with E-state index >= 15 is 0 Å². The summed E-state index contributed by atoms with van der Waals surface area (Å²) in [6.07, 6.45) is 15.4. The van der Waals surface area contributed by atoms with Crippen molar-refractivity contribution >= 4 is 0 Å². The van der Waals surface area contributed by atoms with Crippen LogP contribution < -0.4 is 5.73 Å². The third-order valence-electron chi connectivity index (χ3n) is 5.65. The highest BCUT2D eigenvalue weighted by Crippen LogP contribution is 2.34. The van der Waals surface area contributed by atoms with Gasteiger partial charge < -0.3 is 5.73 Å². The Morgan fingerprint density at radius 1 is 1.00 bits per heavy atom. The van der Waals surface area contributed by atoms with Gasteiger partial charge in [-0.25, -0.2) is 0 Å². The third kappa shape index (κ3) is 3.95. The molecule has 0 aromatic rings. The van der Waals surface area contributed by atoms with Gasteiger partial charge in [-0.2, -0.15) is 0 Å². The monoisotopic (exact) mass is 266 g/mol. The number of hydrogen-bond donors (Lipinski definition) is 1. The van der Waals surface area contributed by atoms with Crippen molar-refractivity contribution in [1.29, 1.82) is 0 Å². The fourth-order valence-corrected chi connectivity index (χ4v) is 4.32. The predicted octanol–water partition coefficient (Wildman–Crippen LogP) is 3.94. The van der Waals surface area contributed by atoms with Crippen LogP contribution in [0, 0.1) is 5.92 Å². The van der Waals surface area contributed by atoms with Gasteiger partial charge >= 0.3 is 0 Å². The first kappa shape index (κ1) is 15.3. The van der Waals surface area contributed by atoms with Crippen molar-refractivity contribution in [3.8, 4) is 0 Å². The van der Waals surface area contributed by atoms with E-state index in [1.807, 2.05) is 0 Å². The van der Waals surface area contributed by atoms with E-state index in [0.717, 1.165) is 12.5 Å². The Balaban J connectivity index is 1.92. The fraction of sp³-hybridized carbons (Fsp3) is 1.00. The van der Waals surface area contributed by atoms with E-state index in [2.05, 4.69) is 11.8 Å². The van der Waals surface area contributed by atoms with E-state index in [1.54, 1.807) is 0 Å². The van der Waals surface area contributed by atoms with Crippen molar-refractivity contribution in [1.82, 2.24) is 4.90 Å². The van der Waals surface area contributed by atoms with Gasteiger partial charge in [-0.3, -0.25) is 4.90 Å². The third-order valence-corrected chi connectivity index (χ3v) is 5.65. The molecule has 0 spiro atoms. The molecule has 1 saturated carbocycles. The maximum absolute atomic E-state index is 6.24. The van der Waals surface area contributed by atoms with Crippen LogP contribution in [0.1, 0.15) is 77.6 Å². The number of piperidine rings is 1. The summed E-state index contributed by atoms with van der Waals surface area (Å²) in [7, 11) is 0. The number of rotatable bonds is 4. The van der Waals surface area contributed by atoms with Gasteiger partial charge in [0.05, 0.1) is 0 Å². The molecule has 0 atom stereocenters. The Bertz CT molecular complexity index is 236. The zero-order valence-electron chi connectivity index (χ0n) is 13.0. The number of nitrogens with two attached hydrogens (primary N) is 1. The van der Waals surface area contributed by atoms with Gasteiger partial charge in [-0.05, 0) is 44.7 Å². The molecule has 0 aromatic carbocycles. The Morgan fingerprint density at radius 2 is 1.58 bits per heavy atom. The average Bonchev–Trinajstić information content (AvgIpc) is 2.41. The zero-order valence-corrected chi connectivity index (χ0v) is 13.0. The molecular weight excluding hydrogens is 232 g/mol. The van der Waals surface area contributed by atoms with Crippen molar-refractivity contribution in [2.45, 2.75) is 83.1 Å². The Morgan fingerprint density at radius 3 is 2.11 bits per heavy atom. The second-order valence-corrected chi connectivity index (χ2v) is 6.92. The van der Waals surface area contributed by atoms with Crippen LogP contribution in [0.25, 0.3) is 0 Å². The van der Waals surface area contributed by atoms with E-state index in [9.17, 15) is 0 Å². The molecule has 2 fully saturated rings. The lowest BCUT2D eigenvalue weighted by molar-refractivity contribution is 0.0331. The summed E-state index contributed by atoms with van der Waals surface area (Å²) < 4.78 is 0. The molecule has 0 amide bonds. The summed E-state index contributed by atoms with van der Waals surface area (Å²) in [6, 6.07) is 0. The molecule has 2 N–H and O–H groups in total. The molecule has 2 rings (SSSR count). The van der Waals surface area contributed by atoms with E-state index in [0.29, 0.717) is 5.54 Å². The van der Waals surface area contributed by atoms with Crippen LogP contribution in [0.2, 0.25) is 0 Å². The molecule has 1 saturated heterocycles. The second kappa shape index (κ2) is 7.64. The SMILES string of the molecule is CCCC1CCN(C2(CN)CCCCCCC2)CC1. The molecule has 112 valence electrons. The van der Waals surface area contributed by atoms with Crippen LogP contribution in [0.3, 0.4) is 0 Å². The van der Waals surface area contributed by atoms with E-state index in [-0.39, 0.29) is 0 Å². The highest BCUT2D eigenvalue weighted by Gasteiger charge is 2.36. The minimum Gasteiger partial charge on any atom is -0.329 e. The maximum atomic E-state index is 6.24. The lowest BCUT2D eigenvalue weighted by Crippen LogP contribution is -2.56. The van der Waals surface area contributed by atoms with Crippen LogP contribution in [0.4, 0.5) is 0 Å². The highest BCUT2D eigenvalue weighted by molar-refractivity contribution is 4.94. The molecule has 1 aliphatic heterocycles. The zero-order chi connectivity index (χ0) is 13.6. The minimum absolute atomic E-state index is 0.359. The van der Waals surface area contributed by atoms with E-state index in [4.69, 9.17) is 5.73 Å². The number of nitrogens with zero attached hydrogens (tertiary/aromatic N) is 1. The quantitative estimate of drug-likeness (QED) is 0.835. The van der Waals surface area contributed by atoms with Crippen LogP contribution >= 0.6 is 0 Å². The Hall–Kier alpha value is -0.0800. The van der Waals surface area contributed by atoms with Crippen molar-refractivity contribution in [3.05, 3.63) is 0 Å². The lowest BCUT2D eigenvalue weighted by Gasteiger charge is -2.48. The molecular formula is C17H34N2. The molecule has 1 heterocycles. The number of likely N-dealkylation sites (tertiary alicyclic amines) is 1. The standard InChI is InChI=1S/C17H34N2/c1-2-8-16-9-13-19(14-10-16)17(15-18)11-6-4-3-5-7-12-17/h16H,2-15,18H2,1H3. The molecule has 2 nitrogen and oxygen atoms in total. The molecule has 0 aromatic heterocycles. The molecule has 2 heteroatoms.